The molecule has 0 radical (unpaired) electrons. The third kappa shape index (κ3) is 3.90. The van der Waals surface area contributed by atoms with Gasteiger partial charge in [0.25, 0.3) is 0 Å². The van der Waals surface area contributed by atoms with Crippen LogP contribution in [0.5, 0.6) is 0 Å². The molecule has 0 spiro atoms. The highest BCUT2D eigenvalue weighted by Gasteiger charge is 2.34. The van der Waals surface area contributed by atoms with Crippen molar-refractivity contribution in [1.29, 1.82) is 0 Å². The van der Waals surface area contributed by atoms with Crippen molar-refractivity contribution in [2.75, 3.05) is 7.05 Å². The molecule has 21 heavy (non-hydrogen) atoms. The van der Waals surface area contributed by atoms with Crippen molar-refractivity contribution in [2.45, 2.75) is 57.4 Å². The van der Waals surface area contributed by atoms with Crippen LogP contribution >= 0.6 is 15.9 Å². The van der Waals surface area contributed by atoms with Gasteiger partial charge in [-0.25, -0.2) is 0 Å². The van der Waals surface area contributed by atoms with Crippen molar-refractivity contribution in [3.63, 3.8) is 0 Å². The minimum atomic E-state index is 0.641. The Bertz CT molecular complexity index is 459. The van der Waals surface area contributed by atoms with E-state index in [0.29, 0.717) is 6.04 Å². The maximum atomic E-state index is 3.62. The fourth-order valence-electron chi connectivity index (χ4n) is 4.70. The fourth-order valence-corrected chi connectivity index (χ4v) is 5.14. The molecule has 0 saturated heterocycles. The third-order valence-electron chi connectivity index (χ3n) is 5.86. The highest BCUT2D eigenvalue weighted by Crippen LogP contribution is 2.43. The summed E-state index contributed by atoms with van der Waals surface area (Å²) in [6.45, 7) is 0. The zero-order valence-electron chi connectivity index (χ0n) is 13.2. The predicted octanol–water partition coefficient (Wildman–Crippen LogP) is 5.19. The normalized spacial score (nSPS) is 30.7. The Kier molecular flexibility index (Phi) is 5.39. The number of rotatable bonds is 4. The molecule has 3 rings (SSSR count). The van der Waals surface area contributed by atoms with Crippen LogP contribution in [-0.2, 0) is 6.42 Å². The van der Waals surface area contributed by atoms with E-state index >= 15 is 0 Å². The minimum absolute atomic E-state index is 0.641. The van der Waals surface area contributed by atoms with Crippen molar-refractivity contribution in [1.82, 2.24) is 5.32 Å². The molecule has 116 valence electrons. The number of hydrogen-bond acceptors (Lipinski definition) is 1. The van der Waals surface area contributed by atoms with Crippen LogP contribution in [0.3, 0.4) is 0 Å². The Hall–Kier alpha value is -0.340. The third-order valence-corrected chi connectivity index (χ3v) is 6.36. The summed E-state index contributed by atoms with van der Waals surface area (Å²) in [4.78, 5) is 0. The number of halogens is 1. The second kappa shape index (κ2) is 7.28. The molecule has 2 aliphatic rings. The van der Waals surface area contributed by atoms with Gasteiger partial charge < -0.3 is 5.32 Å². The SMILES string of the molecule is CNC(Cc1cccc(Br)c1)C1CCC2CCCCC2C1. The Morgan fingerprint density at radius 1 is 1.14 bits per heavy atom. The van der Waals surface area contributed by atoms with Crippen molar-refractivity contribution in [3.05, 3.63) is 34.3 Å². The Morgan fingerprint density at radius 3 is 2.71 bits per heavy atom. The molecule has 4 unspecified atom stereocenters. The summed E-state index contributed by atoms with van der Waals surface area (Å²) in [5.41, 5.74) is 1.45. The van der Waals surface area contributed by atoms with Gasteiger partial charge in [-0.3, -0.25) is 0 Å². The van der Waals surface area contributed by atoms with Crippen molar-refractivity contribution >= 4 is 15.9 Å². The zero-order chi connectivity index (χ0) is 14.7. The average molecular weight is 350 g/mol. The summed E-state index contributed by atoms with van der Waals surface area (Å²) in [7, 11) is 2.15. The lowest BCUT2D eigenvalue weighted by Gasteiger charge is -2.42. The first-order chi connectivity index (χ1) is 10.3. The van der Waals surface area contributed by atoms with Gasteiger partial charge >= 0.3 is 0 Å². The van der Waals surface area contributed by atoms with Crippen LogP contribution in [-0.4, -0.2) is 13.1 Å². The highest BCUT2D eigenvalue weighted by atomic mass is 79.9. The van der Waals surface area contributed by atoms with Crippen molar-refractivity contribution in [2.24, 2.45) is 17.8 Å². The van der Waals surface area contributed by atoms with Crippen LogP contribution in [0.25, 0.3) is 0 Å². The van der Waals surface area contributed by atoms with E-state index < -0.39 is 0 Å². The van der Waals surface area contributed by atoms with E-state index in [1.807, 2.05) is 0 Å². The average Bonchev–Trinajstić information content (AvgIpc) is 2.52. The molecule has 0 aliphatic heterocycles. The van der Waals surface area contributed by atoms with Gasteiger partial charge in [0.15, 0.2) is 0 Å². The number of likely N-dealkylation sites (N-methyl/N-ethyl adjacent to an activating group) is 1. The maximum Gasteiger partial charge on any atom is 0.0178 e. The first kappa shape index (κ1) is 15.6. The van der Waals surface area contributed by atoms with Crippen LogP contribution in [0.15, 0.2) is 28.7 Å². The number of hydrogen-bond donors (Lipinski definition) is 1. The van der Waals surface area contributed by atoms with Gasteiger partial charge in [0.1, 0.15) is 0 Å². The van der Waals surface area contributed by atoms with E-state index in [9.17, 15) is 0 Å². The molecule has 1 N–H and O–H groups in total. The summed E-state index contributed by atoms with van der Waals surface area (Å²) < 4.78 is 1.20. The van der Waals surface area contributed by atoms with Gasteiger partial charge in [-0.05, 0) is 68.2 Å². The van der Waals surface area contributed by atoms with E-state index in [4.69, 9.17) is 0 Å². The van der Waals surface area contributed by atoms with Crippen LogP contribution in [0.1, 0.15) is 50.5 Å². The largest absolute Gasteiger partial charge is 0.316 e. The molecule has 2 aliphatic carbocycles. The van der Waals surface area contributed by atoms with E-state index in [2.05, 4.69) is 52.6 Å². The van der Waals surface area contributed by atoms with Gasteiger partial charge in [0.05, 0.1) is 0 Å². The van der Waals surface area contributed by atoms with Crippen LogP contribution < -0.4 is 5.32 Å². The van der Waals surface area contributed by atoms with Gasteiger partial charge in [-0.2, -0.15) is 0 Å². The second-order valence-corrected chi connectivity index (χ2v) is 8.02. The Labute approximate surface area is 138 Å². The molecule has 0 aromatic heterocycles. The van der Waals surface area contributed by atoms with Crippen molar-refractivity contribution in [3.8, 4) is 0 Å². The van der Waals surface area contributed by atoms with Crippen LogP contribution in [0.2, 0.25) is 0 Å². The lowest BCUT2D eigenvalue weighted by atomic mass is 9.65. The summed E-state index contributed by atoms with van der Waals surface area (Å²) in [5.74, 6) is 2.95. The molecule has 0 bridgehead atoms. The second-order valence-electron chi connectivity index (χ2n) is 7.11. The summed E-state index contributed by atoms with van der Waals surface area (Å²) in [5, 5.41) is 3.62. The lowest BCUT2D eigenvalue weighted by Crippen LogP contribution is -2.40. The standard InChI is InChI=1S/C19H28BrN/c1-21-19(12-14-5-4-8-18(20)11-14)17-10-9-15-6-2-3-7-16(15)13-17/h4-5,8,11,15-17,19,21H,2-3,6-7,9-10,12-13H2,1H3. The molecule has 2 fully saturated rings. The Balaban J connectivity index is 1.63. The minimum Gasteiger partial charge on any atom is -0.316 e. The van der Waals surface area contributed by atoms with E-state index in [1.54, 1.807) is 0 Å². The van der Waals surface area contributed by atoms with E-state index in [0.717, 1.165) is 24.2 Å². The number of fused-ring (bicyclic) bond motifs is 1. The number of benzene rings is 1. The van der Waals surface area contributed by atoms with Gasteiger partial charge in [-0.1, -0.05) is 53.7 Å². The molecular formula is C19H28BrN. The monoisotopic (exact) mass is 349 g/mol. The van der Waals surface area contributed by atoms with Crippen LogP contribution in [0.4, 0.5) is 0 Å². The first-order valence-corrected chi connectivity index (χ1v) is 9.47. The summed E-state index contributed by atoms with van der Waals surface area (Å²) in [6.07, 6.45) is 11.5. The molecule has 0 amide bonds. The fraction of sp³-hybridized carbons (Fsp3) is 0.684. The van der Waals surface area contributed by atoms with E-state index in [1.165, 1.54) is 55.0 Å². The summed E-state index contributed by atoms with van der Waals surface area (Å²) >= 11 is 3.60. The molecule has 4 atom stereocenters. The topological polar surface area (TPSA) is 12.0 Å². The quantitative estimate of drug-likeness (QED) is 0.788. The molecule has 1 nitrogen and oxygen atoms in total. The highest BCUT2D eigenvalue weighted by molar-refractivity contribution is 9.10. The molecule has 2 saturated carbocycles. The zero-order valence-corrected chi connectivity index (χ0v) is 14.7. The van der Waals surface area contributed by atoms with Crippen molar-refractivity contribution < 1.29 is 0 Å². The molecule has 0 heterocycles. The summed E-state index contributed by atoms with van der Waals surface area (Å²) in [6, 6.07) is 9.45. The first-order valence-electron chi connectivity index (χ1n) is 8.68. The van der Waals surface area contributed by atoms with Crippen LogP contribution in [0, 0.1) is 17.8 Å². The molecule has 1 aromatic rings. The van der Waals surface area contributed by atoms with E-state index in [-0.39, 0.29) is 0 Å². The van der Waals surface area contributed by atoms with Gasteiger partial charge in [-0.15, -0.1) is 0 Å². The molecular weight excluding hydrogens is 322 g/mol. The number of nitrogens with one attached hydrogen (secondary N) is 1. The Morgan fingerprint density at radius 2 is 1.95 bits per heavy atom. The molecule has 2 heteroatoms. The van der Waals surface area contributed by atoms with Gasteiger partial charge in [0, 0.05) is 10.5 Å². The maximum absolute atomic E-state index is 3.62. The predicted molar refractivity (Wildman–Crippen MR) is 93.5 cm³/mol. The van der Waals surface area contributed by atoms with Gasteiger partial charge in [0.2, 0.25) is 0 Å². The molecule has 1 aromatic carbocycles. The smallest absolute Gasteiger partial charge is 0.0178 e. The lowest BCUT2D eigenvalue weighted by molar-refractivity contribution is 0.111.